The molecule has 8 heteroatoms. The predicted molar refractivity (Wildman–Crippen MR) is 141 cm³/mol. The minimum atomic E-state index is -0.793. The van der Waals surface area contributed by atoms with Gasteiger partial charge in [0.1, 0.15) is 6.04 Å². The summed E-state index contributed by atoms with van der Waals surface area (Å²) in [6.45, 7) is 3.12. The highest BCUT2D eigenvalue weighted by Gasteiger charge is 2.37. The van der Waals surface area contributed by atoms with Crippen LogP contribution in [0.3, 0.4) is 0 Å². The number of fused-ring (bicyclic) bond motifs is 4. The Morgan fingerprint density at radius 3 is 2.41 bits per heavy atom. The third-order valence-electron chi connectivity index (χ3n) is 7.22. The van der Waals surface area contributed by atoms with Gasteiger partial charge in [0.05, 0.1) is 0 Å². The number of Topliss-reactive ketones (excluding diaryl/α,β-unsaturated/α-hetero) is 1. The summed E-state index contributed by atoms with van der Waals surface area (Å²) in [4.78, 5) is 52.4. The second kappa shape index (κ2) is 10.4. The summed E-state index contributed by atoms with van der Waals surface area (Å²) >= 11 is 0. The van der Waals surface area contributed by atoms with Gasteiger partial charge in [-0.1, -0.05) is 36.4 Å². The van der Waals surface area contributed by atoms with E-state index in [4.69, 9.17) is 0 Å². The minimum Gasteiger partial charge on any atom is -0.326 e. The molecule has 3 aromatic rings. The second-order valence-electron chi connectivity index (χ2n) is 9.92. The molecule has 3 heterocycles. The van der Waals surface area contributed by atoms with E-state index in [1.807, 2.05) is 41.0 Å². The summed E-state index contributed by atoms with van der Waals surface area (Å²) in [5.41, 5.74) is 3.01. The fourth-order valence-electron chi connectivity index (χ4n) is 5.38. The molecule has 0 radical (unpaired) electrons. The molecule has 2 aliphatic heterocycles. The maximum Gasteiger partial charge on any atom is 0.318 e. The second-order valence-corrected chi connectivity index (χ2v) is 9.92. The molecule has 3 amide bonds. The molecular weight excluding hydrogens is 468 g/mol. The van der Waals surface area contributed by atoms with Crippen LogP contribution in [0.2, 0.25) is 0 Å². The van der Waals surface area contributed by atoms with Gasteiger partial charge < -0.3 is 20.1 Å². The Morgan fingerprint density at radius 2 is 1.68 bits per heavy atom. The molecule has 1 aromatic heterocycles. The van der Waals surface area contributed by atoms with Crippen molar-refractivity contribution in [1.29, 1.82) is 0 Å². The highest BCUT2D eigenvalue weighted by molar-refractivity contribution is 5.98. The van der Waals surface area contributed by atoms with E-state index in [-0.39, 0.29) is 35.1 Å². The summed E-state index contributed by atoms with van der Waals surface area (Å²) in [6, 6.07) is 20.5. The fraction of sp³-hybridized carbons (Fsp3) is 0.310. The van der Waals surface area contributed by atoms with Gasteiger partial charge in [-0.2, -0.15) is 0 Å². The van der Waals surface area contributed by atoms with Crippen LogP contribution in [-0.4, -0.2) is 46.3 Å². The van der Waals surface area contributed by atoms with E-state index in [9.17, 15) is 19.2 Å². The van der Waals surface area contributed by atoms with Crippen molar-refractivity contribution >= 4 is 23.4 Å². The first kappa shape index (κ1) is 24.5. The van der Waals surface area contributed by atoms with E-state index < -0.39 is 6.04 Å². The molecule has 37 heavy (non-hydrogen) atoms. The molecule has 5 rings (SSSR count). The number of hydrogen-bond acceptors (Lipinski definition) is 4. The Bertz CT molecular complexity index is 1370. The maximum atomic E-state index is 13.4. The Morgan fingerprint density at radius 1 is 0.919 bits per heavy atom. The molecule has 1 fully saturated rings. The van der Waals surface area contributed by atoms with Gasteiger partial charge in [0, 0.05) is 55.0 Å². The van der Waals surface area contributed by atoms with Gasteiger partial charge >= 0.3 is 6.03 Å². The lowest BCUT2D eigenvalue weighted by molar-refractivity contribution is -0.118. The standard InChI is InChI=1S/C29H30N4O4/c1-19(34)22-10-12-24(13-11-22)30-28(36)25(15-20-6-3-2-4-7-20)31-29(37)32-16-21-14-23(18-32)26-8-5-9-27(35)33(26)17-21/h2-13,21,23,25H,14-18H2,1H3,(H,30,36)(H,31,37)/t21?,23?,25-/m0/s1. The summed E-state index contributed by atoms with van der Waals surface area (Å²) in [5, 5.41) is 5.84. The maximum absolute atomic E-state index is 13.4. The van der Waals surface area contributed by atoms with E-state index in [1.165, 1.54) is 6.92 Å². The van der Waals surface area contributed by atoms with Gasteiger partial charge in [0.25, 0.3) is 5.56 Å². The molecule has 190 valence electrons. The van der Waals surface area contributed by atoms with Crippen molar-refractivity contribution in [2.45, 2.75) is 38.3 Å². The number of ketones is 1. The van der Waals surface area contributed by atoms with Crippen molar-refractivity contribution in [3.63, 3.8) is 0 Å². The average molecular weight is 499 g/mol. The Labute approximate surface area is 215 Å². The number of urea groups is 1. The van der Waals surface area contributed by atoms with Gasteiger partial charge in [-0.15, -0.1) is 0 Å². The molecule has 3 atom stereocenters. The molecular formula is C29H30N4O4. The van der Waals surface area contributed by atoms with Crippen molar-refractivity contribution in [3.05, 3.63) is 100.0 Å². The third-order valence-corrected chi connectivity index (χ3v) is 7.22. The molecule has 2 aliphatic rings. The number of likely N-dealkylation sites (tertiary alicyclic amines) is 1. The predicted octanol–water partition coefficient (Wildman–Crippen LogP) is 3.43. The first-order valence-corrected chi connectivity index (χ1v) is 12.6. The number of nitrogens with one attached hydrogen (secondary N) is 2. The molecule has 2 unspecified atom stereocenters. The fourth-order valence-corrected chi connectivity index (χ4v) is 5.38. The zero-order valence-electron chi connectivity index (χ0n) is 20.7. The topological polar surface area (TPSA) is 101 Å². The molecule has 2 bridgehead atoms. The molecule has 2 N–H and O–H groups in total. The zero-order chi connectivity index (χ0) is 25.9. The van der Waals surface area contributed by atoms with Gasteiger partial charge in [0.15, 0.2) is 5.78 Å². The van der Waals surface area contributed by atoms with E-state index in [2.05, 4.69) is 10.6 Å². The number of anilines is 1. The minimum absolute atomic E-state index is 0.000957. The van der Waals surface area contributed by atoms with E-state index in [0.29, 0.717) is 37.3 Å². The van der Waals surface area contributed by atoms with Crippen LogP contribution in [0.5, 0.6) is 0 Å². The molecule has 0 saturated carbocycles. The number of pyridine rings is 1. The average Bonchev–Trinajstić information content (AvgIpc) is 2.89. The number of benzene rings is 2. The lowest BCUT2D eigenvalue weighted by atomic mass is 9.83. The summed E-state index contributed by atoms with van der Waals surface area (Å²) < 4.78 is 1.83. The van der Waals surface area contributed by atoms with Gasteiger partial charge in [0.2, 0.25) is 5.91 Å². The largest absolute Gasteiger partial charge is 0.326 e. The Kier molecular flexibility index (Phi) is 6.90. The number of carbonyl (C=O) groups excluding carboxylic acids is 3. The van der Waals surface area contributed by atoms with E-state index in [1.54, 1.807) is 41.3 Å². The zero-order valence-corrected chi connectivity index (χ0v) is 20.7. The SMILES string of the molecule is CC(=O)c1ccc(NC(=O)[C@H](Cc2ccccc2)NC(=O)N2CC3CC(C2)c2cccc(=O)n2C3)cc1. The van der Waals surface area contributed by atoms with Crippen LogP contribution >= 0.6 is 0 Å². The number of rotatable bonds is 6. The van der Waals surface area contributed by atoms with Crippen LogP contribution in [0.15, 0.2) is 77.6 Å². The monoisotopic (exact) mass is 498 g/mol. The summed E-state index contributed by atoms with van der Waals surface area (Å²) in [6.07, 6.45) is 1.28. The van der Waals surface area contributed by atoms with Crippen molar-refractivity contribution in [1.82, 2.24) is 14.8 Å². The van der Waals surface area contributed by atoms with Gasteiger partial charge in [-0.25, -0.2) is 4.79 Å². The quantitative estimate of drug-likeness (QED) is 0.509. The first-order valence-electron chi connectivity index (χ1n) is 12.6. The van der Waals surface area contributed by atoms with Crippen molar-refractivity contribution < 1.29 is 14.4 Å². The van der Waals surface area contributed by atoms with Crippen molar-refractivity contribution in [2.75, 3.05) is 18.4 Å². The lowest BCUT2D eigenvalue weighted by Gasteiger charge is -2.43. The summed E-state index contributed by atoms with van der Waals surface area (Å²) in [7, 11) is 0. The van der Waals surface area contributed by atoms with Gasteiger partial charge in [-0.05, 0) is 55.2 Å². The van der Waals surface area contributed by atoms with E-state index in [0.717, 1.165) is 17.7 Å². The first-order chi connectivity index (χ1) is 17.9. The molecule has 1 saturated heterocycles. The number of nitrogens with zero attached hydrogens (tertiary/aromatic N) is 2. The normalized spacial score (nSPS) is 18.9. The lowest BCUT2D eigenvalue weighted by Crippen LogP contribution is -2.55. The Balaban J connectivity index is 1.31. The highest BCUT2D eigenvalue weighted by Crippen LogP contribution is 2.34. The van der Waals surface area contributed by atoms with Crippen molar-refractivity contribution in [2.24, 2.45) is 5.92 Å². The molecule has 2 aromatic carbocycles. The van der Waals surface area contributed by atoms with E-state index >= 15 is 0 Å². The van der Waals surface area contributed by atoms with Crippen LogP contribution in [0, 0.1) is 5.92 Å². The number of piperidine rings is 1. The molecule has 8 nitrogen and oxygen atoms in total. The van der Waals surface area contributed by atoms with Crippen LogP contribution in [0.25, 0.3) is 0 Å². The van der Waals surface area contributed by atoms with Crippen LogP contribution in [0.4, 0.5) is 10.5 Å². The number of hydrogen-bond donors (Lipinski definition) is 2. The van der Waals surface area contributed by atoms with Gasteiger partial charge in [-0.3, -0.25) is 14.4 Å². The number of carbonyl (C=O) groups is 3. The van der Waals surface area contributed by atoms with Crippen LogP contribution < -0.4 is 16.2 Å². The number of amides is 3. The van der Waals surface area contributed by atoms with Crippen LogP contribution in [0.1, 0.15) is 40.9 Å². The summed E-state index contributed by atoms with van der Waals surface area (Å²) in [5.74, 6) is -0.0978. The highest BCUT2D eigenvalue weighted by atomic mass is 16.2. The smallest absolute Gasteiger partial charge is 0.318 e. The molecule has 0 aliphatic carbocycles. The molecule has 0 spiro atoms. The van der Waals surface area contributed by atoms with Crippen LogP contribution in [-0.2, 0) is 17.8 Å². The third kappa shape index (κ3) is 5.48. The number of aromatic nitrogens is 1. The van der Waals surface area contributed by atoms with Crippen molar-refractivity contribution in [3.8, 4) is 0 Å². The Hall–Kier alpha value is -4.20.